The molecule has 1 atom stereocenters. The Labute approximate surface area is 208 Å². The van der Waals surface area contributed by atoms with E-state index in [9.17, 15) is 0 Å². The van der Waals surface area contributed by atoms with E-state index >= 15 is 0 Å². The second-order valence-corrected chi connectivity index (χ2v) is 17.9. The molecule has 1 spiro atoms. The van der Waals surface area contributed by atoms with Crippen LogP contribution in [0.3, 0.4) is 0 Å². The number of anilines is 1. The molecule has 2 fully saturated rings. The van der Waals surface area contributed by atoms with Gasteiger partial charge in [0.2, 0.25) is 0 Å². The zero-order valence-electron chi connectivity index (χ0n) is 21.2. The van der Waals surface area contributed by atoms with Crippen LogP contribution < -0.4 is 10.2 Å². The average molecular weight is 498 g/mol. The van der Waals surface area contributed by atoms with Crippen LogP contribution in [0.2, 0.25) is 25.7 Å². The maximum atomic E-state index is 6.15. The van der Waals surface area contributed by atoms with E-state index in [2.05, 4.69) is 59.0 Å². The summed E-state index contributed by atoms with van der Waals surface area (Å²) in [6.07, 6.45) is 10.6. The van der Waals surface area contributed by atoms with E-state index in [1.165, 1.54) is 54.8 Å². The third-order valence-corrected chi connectivity index (χ3v) is 10.0. The van der Waals surface area contributed by atoms with E-state index in [0.29, 0.717) is 6.73 Å². The van der Waals surface area contributed by atoms with Crippen molar-refractivity contribution in [3.05, 3.63) is 29.5 Å². The molecule has 0 aliphatic carbocycles. The summed E-state index contributed by atoms with van der Waals surface area (Å²) >= 11 is 1.72. The molecule has 34 heavy (non-hydrogen) atoms. The third-order valence-electron chi connectivity index (χ3n) is 7.31. The van der Waals surface area contributed by atoms with E-state index in [0.717, 1.165) is 42.6 Å². The largest absolute Gasteiger partial charge is 0.369 e. The normalized spacial score (nSPS) is 21.6. The molecular weight excluding hydrogens is 458 g/mol. The smallest absolute Gasteiger partial charge is 0.144 e. The number of thiazole rings is 1. The number of hydrogen-bond acceptors (Lipinski definition) is 6. The molecule has 5 heterocycles. The molecule has 5 rings (SSSR count). The van der Waals surface area contributed by atoms with Crippen molar-refractivity contribution in [1.29, 1.82) is 0 Å². The quantitative estimate of drug-likeness (QED) is 0.326. The van der Waals surface area contributed by atoms with Crippen molar-refractivity contribution in [3.8, 4) is 10.6 Å². The molecule has 0 saturated carbocycles. The number of fused-ring (bicyclic) bond motifs is 1. The van der Waals surface area contributed by atoms with Gasteiger partial charge in [-0.2, -0.15) is 0 Å². The number of aromatic nitrogens is 3. The number of nitrogens with one attached hydrogen (secondary N) is 1. The van der Waals surface area contributed by atoms with Crippen LogP contribution in [0.4, 0.5) is 5.69 Å². The molecule has 1 N–H and O–H groups in total. The van der Waals surface area contributed by atoms with Gasteiger partial charge in [-0.05, 0) is 51.3 Å². The van der Waals surface area contributed by atoms with Crippen molar-refractivity contribution in [2.45, 2.75) is 77.0 Å². The van der Waals surface area contributed by atoms with Crippen LogP contribution in [-0.4, -0.2) is 54.4 Å². The first-order valence-electron chi connectivity index (χ1n) is 12.8. The van der Waals surface area contributed by atoms with Gasteiger partial charge in [0.05, 0.1) is 11.1 Å². The van der Waals surface area contributed by atoms with Gasteiger partial charge in [0.15, 0.2) is 0 Å². The molecule has 3 aromatic rings. The lowest BCUT2D eigenvalue weighted by atomic mass is 9.81. The summed E-state index contributed by atoms with van der Waals surface area (Å²) in [7, 11) is -1.12. The molecule has 8 heteroatoms. The minimum atomic E-state index is -1.12. The van der Waals surface area contributed by atoms with E-state index in [1.807, 2.05) is 6.20 Å². The second kappa shape index (κ2) is 9.72. The summed E-state index contributed by atoms with van der Waals surface area (Å²) in [5, 5.41) is 8.32. The number of aryl methyl sites for hydroxylation is 1. The van der Waals surface area contributed by atoms with Crippen LogP contribution in [0.5, 0.6) is 0 Å². The summed E-state index contributed by atoms with van der Waals surface area (Å²) in [5.41, 5.74) is 4.80. The highest BCUT2D eigenvalue weighted by Gasteiger charge is 2.37. The van der Waals surface area contributed by atoms with Gasteiger partial charge >= 0.3 is 0 Å². The topological polar surface area (TPSA) is 55.2 Å². The molecule has 184 valence electrons. The van der Waals surface area contributed by atoms with Crippen LogP contribution >= 0.6 is 11.3 Å². The highest BCUT2D eigenvalue weighted by molar-refractivity contribution is 7.13. The van der Waals surface area contributed by atoms with Gasteiger partial charge in [-0.1, -0.05) is 26.1 Å². The zero-order valence-corrected chi connectivity index (χ0v) is 23.0. The van der Waals surface area contributed by atoms with E-state index < -0.39 is 8.07 Å². The number of nitrogens with zero attached hydrogens (tertiary/aromatic N) is 4. The first-order chi connectivity index (χ1) is 16.3. The summed E-state index contributed by atoms with van der Waals surface area (Å²) in [5.74, 6) is 0. The Hall–Kier alpha value is -1.74. The lowest BCUT2D eigenvalue weighted by molar-refractivity contribution is 0.0899. The molecule has 2 saturated heterocycles. The average Bonchev–Trinajstić information content (AvgIpc) is 3.40. The zero-order chi connectivity index (χ0) is 23.8. The number of hydrogen-bond donors (Lipinski definition) is 1. The fourth-order valence-electron chi connectivity index (χ4n) is 5.46. The fourth-order valence-corrected chi connectivity index (χ4v) is 7.03. The minimum absolute atomic E-state index is 0.256. The van der Waals surface area contributed by atoms with Crippen molar-refractivity contribution in [2.75, 3.05) is 31.1 Å². The summed E-state index contributed by atoms with van der Waals surface area (Å²) in [4.78, 5) is 12.3. The molecule has 0 amide bonds. The standard InChI is InChI=1S/C26H39N5OSSi/c1-20-17-33-25(29-20)21-16-31(19-32-14-15-34(2,3)4)24-23(21)22(8-12-27-24)30-13-7-10-26(18-30)9-5-6-11-28-26/h8,12,16-17,28H,5-7,9-11,13-15,18-19H2,1-4H3. The molecule has 0 aromatic carbocycles. The van der Waals surface area contributed by atoms with Gasteiger partial charge in [-0.3, -0.25) is 0 Å². The second-order valence-electron chi connectivity index (χ2n) is 11.4. The number of pyridine rings is 1. The molecule has 3 aromatic heterocycles. The number of piperidine rings is 2. The molecule has 0 radical (unpaired) electrons. The Morgan fingerprint density at radius 3 is 2.79 bits per heavy atom. The van der Waals surface area contributed by atoms with Gasteiger partial charge in [-0.15, -0.1) is 11.3 Å². The van der Waals surface area contributed by atoms with Gasteiger partial charge < -0.3 is 19.5 Å². The minimum Gasteiger partial charge on any atom is -0.369 e. The SMILES string of the molecule is Cc1csc(-c2cn(COCC[Si](C)(C)C)c3nccc(N4CCCC5(CCCCN5)C4)c23)n1. The maximum absolute atomic E-state index is 6.15. The Bertz CT molecular complexity index is 1120. The van der Waals surface area contributed by atoms with Crippen molar-refractivity contribution in [2.24, 2.45) is 0 Å². The maximum Gasteiger partial charge on any atom is 0.144 e. The van der Waals surface area contributed by atoms with Crippen LogP contribution in [0.25, 0.3) is 21.6 Å². The first-order valence-corrected chi connectivity index (χ1v) is 17.4. The highest BCUT2D eigenvalue weighted by Crippen LogP contribution is 2.40. The Morgan fingerprint density at radius 1 is 1.21 bits per heavy atom. The predicted octanol–water partition coefficient (Wildman–Crippen LogP) is 5.89. The summed E-state index contributed by atoms with van der Waals surface area (Å²) in [6, 6.07) is 3.39. The van der Waals surface area contributed by atoms with Crippen LogP contribution in [0, 0.1) is 6.92 Å². The highest BCUT2D eigenvalue weighted by atomic mass is 32.1. The third kappa shape index (κ3) is 5.10. The molecule has 1 unspecified atom stereocenters. The first kappa shape index (κ1) is 24.0. The van der Waals surface area contributed by atoms with Crippen LogP contribution in [-0.2, 0) is 11.5 Å². The van der Waals surface area contributed by atoms with Gasteiger partial charge in [0.25, 0.3) is 0 Å². The number of ether oxygens (including phenoxy) is 1. The van der Waals surface area contributed by atoms with Gasteiger partial charge in [0, 0.05) is 62.3 Å². The van der Waals surface area contributed by atoms with Crippen LogP contribution in [0.15, 0.2) is 23.8 Å². The Morgan fingerprint density at radius 2 is 2.06 bits per heavy atom. The lowest BCUT2D eigenvalue weighted by Crippen LogP contribution is -2.59. The van der Waals surface area contributed by atoms with Crippen LogP contribution in [0.1, 0.15) is 37.8 Å². The monoisotopic (exact) mass is 497 g/mol. The predicted molar refractivity (Wildman–Crippen MR) is 146 cm³/mol. The Balaban J connectivity index is 1.50. The van der Waals surface area contributed by atoms with E-state index in [4.69, 9.17) is 14.7 Å². The van der Waals surface area contributed by atoms with E-state index in [1.54, 1.807) is 11.3 Å². The van der Waals surface area contributed by atoms with Crippen molar-refractivity contribution in [1.82, 2.24) is 19.9 Å². The van der Waals surface area contributed by atoms with Gasteiger partial charge in [-0.25, -0.2) is 9.97 Å². The molecule has 6 nitrogen and oxygen atoms in total. The number of rotatable bonds is 7. The van der Waals surface area contributed by atoms with E-state index in [-0.39, 0.29) is 5.54 Å². The summed E-state index contributed by atoms with van der Waals surface area (Å²) in [6.45, 7) is 13.9. The molecule has 2 aliphatic heterocycles. The Kier molecular flexibility index (Phi) is 6.85. The fraction of sp³-hybridized carbons (Fsp3) is 0.615. The molecular formula is C26H39N5OSSi. The summed E-state index contributed by atoms with van der Waals surface area (Å²) < 4.78 is 8.34. The van der Waals surface area contributed by atoms with Gasteiger partial charge in [0.1, 0.15) is 17.4 Å². The molecule has 0 bridgehead atoms. The van der Waals surface area contributed by atoms with Crippen molar-refractivity contribution >= 4 is 36.1 Å². The molecule has 2 aliphatic rings. The van der Waals surface area contributed by atoms with Crippen molar-refractivity contribution < 1.29 is 4.74 Å². The lowest BCUT2D eigenvalue weighted by Gasteiger charge is -2.47. The van der Waals surface area contributed by atoms with Crippen molar-refractivity contribution in [3.63, 3.8) is 0 Å².